The van der Waals surface area contributed by atoms with Crippen LogP contribution in [0.4, 0.5) is 0 Å². The summed E-state index contributed by atoms with van der Waals surface area (Å²) in [6.07, 6.45) is 1.79. The van der Waals surface area contributed by atoms with Crippen LogP contribution in [0.1, 0.15) is 12.8 Å². The first kappa shape index (κ1) is 13.3. The number of carboxylic acid groups (broad SMARTS) is 1. The normalized spacial score (nSPS) is 26.0. The van der Waals surface area contributed by atoms with E-state index in [4.69, 9.17) is 5.11 Å². The Morgan fingerprint density at radius 2 is 2.06 bits per heavy atom. The van der Waals surface area contributed by atoms with E-state index in [9.17, 15) is 9.59 Å². The van der Waals surface area contributed by atoms with Crippen molar-refractivity contribution >= 4 is 11.9 Å². The number of carboxylic acids is 1. The van der Waals surface area contributed by atoms with E-state index in [1.807, 2.05) is 9.80 Å². The van der Waals surface area contributed by atoms with Crippen LogP contribution in [0.25, 0.3) is 0 Å². The Balaban J connectivity index is 1.84. The highest BCUT2D eigenvalue weighted by Gasteiger charge is 2.28. The zero-order chi connectivity index (χ0) is 13.0. The molecule has 102 valence electrons. The molecule has 0 aliphatic carbocycles. The first-order valence-corrected chi connectivity index (χ1v) is 6.60. The van der Waals surface area contributed by atoms with E-state index in [0.29, 0.717) is 13.1 Å². The minimum atomic E-state index is -0.797. The maximum atomic E-state index is 12.2. The Kier molecular flexibility index (Phi) is 4.54. The molecule has 6 heteroatoms. The molecule has 1 unspecified atom stereocenters. The fourth-order valence-electron chi connectivity index (χ4n) is 2.66. The van der Waals surface area contributed by atoms with Crippen LogP contribution < -0.4 is 5.32 Å². The molecule has 2 saturated heterocycles. The lowest BCUT2D eigenvalue weighted by molar-refractivity contribution is -0.138. The van der Waals surface area contributed by atoms with Gasteiger partial charge in [0.2, 0.25) is 5.91 Å². The standard InChI is InChI=1S/C12H21N3O3/c16-11(17)9-14-4-1-5-15(7-6-14)12(18)10-2-3-13-8-10/h10,13H,1-9H2,(H,16,17). The quantitative estimate of drug-likeness (QED) is 0.692. The largest absolute Gasteiger partial charge is 0.480 e. The lowest BCUT2D eigenvalue weighted by Gasteiger charge is -2.23. The van der Waals surface area contributed by atoms with E-state index in [-0.39, 0.29) is 18.4 Å². The van der Waals surface area contributed by atoms with Crippen molar-refractivity contribution in [2.75, 3.05) is 45.8 Å². The van der Waals surface area contributed by atoms with Crippen molar-refractivity contribution in [3.05, 3.63) is 0 Å². The summed E-state index contributed by atoms with van der Waals surface area (Å²) < 4.78 is 0. The van der Waals surface area contributed by atoms with Gasteiger partial charge >= 0.3 is 5.97 Å². The van der Waals surface area contributed by atoms with E-state index in [1.54, 1.807) is 0 Å². The van der Waals surface area contributed by atoms with Crippen LogP contribution >= 0.6 is 0 Å². The van der Waals surface area contributed by atoms with Gasteiger partial charge in [-0.05, 0) is 19.4 Å². The predicted molar refractivity (Wildman–Crippen MR) is 66.2 cm³/mol. The molecule has 2 heterocycles. The molecule has 0 saturated carbocycles. The summed E-state index contributed by atoms with van der Waals surface area (Å²) in [6.45, 7) is 4.63. The maximum Gasteiger partial charge on any atom is 0.317 e. The fourth-order valence-corrected chi connectivity index (χ4v) is 2.66. The van der Waals surface area contributed by atoms with Crippen molar-refractivity contribution in [1.82, 2.24) is 15.1 Å². The van der Waals surface area contributed by atoms with Crippen LogP contribution in [0.15, 0.2) is 0 Å². The predicted octanol–water partition coefficient (Wildman–Crippen LogP) is -0.785. The number of aliphatic carboxylic acids is 1. The van der Waals surface area contributed by atoms with Gasteiger partial charge in [0.15, 0.2) is 0 Å². The summed E-state index contributed by atoms with van der Waals surface area (Å²) in [5.74, 6) is -0.442. The number of amides is 1. The van der Waals surface area contributed by atoms with Crippen molar-refractivity contribution < 1.29 is 14.7 Å². The van der Waals surface area contributed by atoms with E-state index < -0.39 is 5.97 Å². The highest BCUT2D eigenvalue weighted by molar-refractivity contribution is 5.79. The Labute approximate surface area is 107 Å². The number of carbonyl (C=O) groups excluding carboxylic acids is 1. The van der Waals surface area contributed by atoms with Gasteiger partial charge in [0.25, 0.3) is 0 Å². The summed E-state index contributed by atoms with van der Waals surface area (Å²) in [5, 5.41) is 12.0. The number of hydrogen-bond acceptors (Lipinski definition) is 4. The summed E-state index contributed by atoms with van der Waals surface area (Å²) in [5.41, 5.74) is 0. The summed E-state index contributed by atoms with van der Waals surface area (Å²) in [7, 11) is 0. The van der Waals surface area contributed by atoms with Crippen LogP contribution in [0.2, 0.25) is 0 Å². The summed E-state index contributed by atoms with van der Waals surface area (Å²) in [4.78, 5) is 26.7. The molecule has 2 fully saturated rings. The maximum absolute atomic E-state index is 12.2. The second-order valence-electron chi connectivity index (χ2n) is 5.04. The second kappa shape index (κ2) is 6.15. The molecule has 6 nitrogen and oxygen atoms in total. The SMILES string of the molecule is O=C(O)CN1CCCN(C(=O)C2CCNC2)CC1. The molecule has 0 bridgehead atoms. The third-order valence-corrected chi connectivity index (χ3v) is 3.67. The van der Waals surface area contributed by atoms with Gasteiger partial charge in [0, 0.05) is 32.7 Å². The van der Waals surface area contributed by atoms with E-state index >= 15 is 0 Å². The fraction of sp³-hybridized carbons (Fsp3) is 0.833. The minimum Gasteiger partial charge on any atom is -0.480 e. The van der Waals surface area contributed by atoms with Crippen molar-refractivity contribution in [1.29, 1.82) is 0 Å². The minimum absolute atomic E-state index is 0.0764. The topological polar surface area (TPSA) is 72.9 Å². The zero-order valence-electron chi connectivity index (χ0n) is 10.6. The van der Waals surface area contributed by atoms with Crippen LogP contribution in [0.5, 0.6) is 0 Å². The van der Waals surface area contributed by atoms with E-state index in [0.717, 1.165) is 39.0 Å². The molecule has 0 spiro atoms. The van der Waals surface area contributed by atoms with Gasteiger partial charge in [-0.25, -0.2) is 0 Å². The molecule has 0 aromatic carbocycles. The molecule has 1 atom stereocenters. The number of nitrogens with zero attached hydrogens (tertiary/aromatic N) is 2. The third kappa shape index (κ3) is 3.43. The number of hydrogen-bond donors (Lipinski definition) is 2. The number of rotatable bonds is 3. The molecular weight excluding hydrogens is 234 g/mol. The second-order valence-corrected chi connectivity index (χ2v) is 5.04. The molecule has 0 aromatic heterocycles. The lowest BCUT2D eigenvalue weighted by Crippen LogP contribution is -2.40. The van der Waals surface area contributed by atoms with Crippen molar-refractivity contribution in [3.63, 3.8) is 0 Å². The third-order valence-electron chi connectivity index (χ3n) is 3.67. The van der Waals surface area contributed by atoms with E-state index in [1.165, 1.54) is 0 Å². The van der Waals surface area contributed by atoms with Crippen LogP contribution in [0.3, 0.4) is 0 Å². The van der Waals surface area contributed by atoms with Crippen LogP contribution in [-0.2, 0) is 9.59 Å². The average Bonchev–Trinajstić information content (AvgIpc) is 2.76. The van der Waals surface area contributed by atoms with Gasteiger partial charge in [0.05, 0.1) is 12.5 Å². The van der Waals surface area contributed by atoms with Crippen molar-refractivity contribution in [2.24, 2.45) is 5.92 Å². The summed E-state index contributed by atoms with van der Waals surface area (Å²) in [6, 6.07) is 0. The molecule has 0 radical (unpaired) electrons. The Morgan fingerprint density at radius 3 is 2.72 bits per heavy atom. The zero-order valence-corrected chi connectivity index (χ0v) is 10.6. The highest BCUT2D eigenvalue weighted by atomic mass is 16.4. The van der Waals surface area contributed by atoms with Crippen molar-refractivity contribution in [3.8, 4) is 0 Å². The average molecular weight is 255 g/mol. The van der Waals surface area contributed by atoms with Crippen molar-refractivity contribution in [2.45, 2.75) is 12.8 Å². The van der Waals surface area contributed by atoms with Gasteiger partial charge < -0.3 is 15.3 Å². The molecular formula is C12H21N3O3. The Morgan fingerprint density at radius 1 is 1.22 bits per heavy atom. The molecule has 2 N–H and O–H groups in total. The summed E-state index contributed by atoms with van der Waals surface area (Å²) >= 11 is 0. The van der Waals surface area contributed by atoms with Gasteiger partial charge in [-0.2, -0.15) is 0 Å². The van der Waals surface area contributed by atoms with Gasteiger partial charge in [-0.3, -0.25) is 14.5 Å². The number of carbonyl (C=O) groups is 2. The first-order chi connectivity index (χ1) is 8.66. The molecule has 0 aromatic rings. The Bertz CT molecular complexity index is 316. The van der Waals surface area contributed by atoms with Gasteiger partial charge in [0.1, 0.15) is 0 Å². The Hall–Kier alpha value is -1.14. The van der Waals surface area contributed by atoms with Crippen LogP contribution in [-0.4, -0.2) is 72.6 Å². The molecule has 1 amide bonds. The van der Waals surface area contributed by atoms with Crippen LogP contribution in [0, 0.1) is 5.92 Å². The smallest absolute Gasteiger partial charge is 0.317 e. The lowest BCUT2D eigenvalue weighted by atomic mass is 10.1. The van der Waals surface area contributed by atoms with Gasteiger partial charge in [-0.1, -0.05) is 0 Å². The highest BCUT2D eigenvalue weighted by Crippen LogP contribution is 2.13. The first-order valence-electron chi connectivity index (χ1n) is 6.60. The van der Waals surface area contributed by atoms with Gasteiger partial charge in [-0.15, -0.1) is 0 Å². The van der Waals surface area contributed by atoms with E-state index in [2.05, 4.69) is 5.32 Å². The molecule has 18 heavy (non-hydrogen) atoms. The molecule has 2 aliphatic heterocycles. The number of nitrogens with one attached hydrogen (secondary N) is 1. The molecule has 2 rings (SSSR count). The molecule has 2 aliphatic rings. The monoisotopic (exact) mass is 255 g/mol.